The molecular weight excluding hydrogens is 475 g/mol. The van der Waals surface area contributed by atoms with Gasteiger partial charge in [0.25, 0.3) is 0 Å². The summed E-state index contributed by atoms with van der Waals surface area (Å²) in [5.41, 5.74) is 2.45. The lowest BCUT2D eigenvalue weighted by atomic mass is 10.1. The fourth-order valence-electron chi connectivity index (χ4n) is 3.39. The molecule has 0 radical (unpaired) electrons. The molecule has 0 spiro atoms. The number of benzene rings is 2. The van der Waals surface area contributed by atoms with Crippen LogP contribution >= 0.6 is 23.3 Å². The Balaban J connectivity index is 1.64. The number of rotatable bonds is 9. The number of methoxy groups -OCH3 is 2. The van der Waals surface area contributed by atoms with Crippen molar-refractivity contribution in [2.24, 2.45) is 0 Å². The molecule has 0 saturated heterocycles. The topological polar surface area (TPSA) is 97.9 Å². The molecule has 174 valence electrons. The van der Waals surface area contributed by atoms with Gasteiger partial charge in [-0.3, -0.25) is 9.29 Å². The lowest BCUT2D eigenvalue weighted by Crippen LogP contribution is -2.07. The van der Waals surface area contributed by atoms with E-state index in [1.165, 1.54) is 35.4 Å². The Morgan fingerprint density at radius 1 is 1.18 bits per heavy atom. The van der Waals surface area contributed by atoms with Crippen LogP contribution in [0, 0.1) is 24.1 Å². The van der Waals surface area contributed by atoms with Crippen LogP contribution in [-0.2, 0) is 6.42 Å². The van der Waals surface area contributed by atoms with Crippen LogP contribution in [0.15, 0.2) is 41.8 Å². The predicted molar refractivity (Wildman–Crippen MR) is 131 cm³/mol. The summed E-state index contributed by atoms with van der Waals surface area (Å²) in [6.45, 7) is 1.93. The minimum atomic E-state index is -0.422. The molecule has 8 nitrogen and oxygen atoms in total. The Kier molecular flexibility index (Phi) is 7.30. The van der Waals surface area contributed by atoms with Crippen LogP contribution in [-0.4, -0.2) is 39.7 Å². The molecule has 4 rings (SSSR count). The maximum Gasteiger partial charge on any atom is 0.239 e. The van der Waals surface area contributed by atoms with E-state index in [9.17, 15) is 9.65 Å². The van der Waals surface area contributed by atoms with Gasteiger partial charge in [0.05, 0.1) is 30.9 Å². The molecule has 0 fully saturated rings. The van der Waals surface area contributed by atoms with Crippen molar-refractivity contribution in [3.63, 3.8) is 0 Å². The average Bonchev–Trinajstić information content (AvgIpc) is 3.47. The normalized spacial score (nSPS) is 10.7. The number of hydrogen-bond donors (Lipinski definition) is 1. The van der Waals surface area contributed by atoms with Crippen LogP contribution < -0.4 is 14.2 Å². The molecule has 0 aliphatic heterocycles. The number of anilines is 1. The lowest BCUT2D eigenvalue weighted by molar-refractivity contribution is 0.391. The number of aryl methyl sites for hydroxylation is 2. The van der Waals surface area contributed by atoms with E-state index in [0.717, 1.165) is 10.6 Å². The third-order valence-corrected chi connectivity index (χ3v) is 6.47. The van der Waals surface area contributed by atoms with E-state index < -0.39 is 5.82 Å². The van der Waals surface area contributed by atoms with E-state index in [1.807, 2.05) is 41.1 Å². The van der Waals surface area contributed by atoms with Gasteiger partial charge < -0.3 is 9.47 Å². The molecule has 2 aromatic heterocycles. The molecule has 0 aliphatic rings. The molecule has 0 unspecified atom stereocenters. The van der Waals surface area contributed by atoms with Crippen molar-refractivity contribution >= 4 is 29.2 Å². The Labute approximate surface area is 204 Å². The highest BCUT2D eigenvalue weighted by Crippen LogP contribution is 2.38. The minimum Gasteiger partial charge on any atom is -0.494 e. The molecular formula is C23H21FN6O2S2. The van der Waals surface area contributed by atoms with Crippen LogP contribution in [0.4, 0.5) is 10.3 Å². The van der Waals surface area contributed by atoms with Crippen LogP contribution in [0.5, 0.6) is 11.5 Å². The number of ether oxygens (including phenoxy) is 2. The van der Waals surface area contributed by atoms with Gasteiger partial charge in [-0.05, 0) is 55.1 Å². The second-order valence-electron chi connectivity index (χ2n) is 7.06. The average molecular weight is 497 g/mol. The summed E-state index contributed by atoms with van der Waals surface area (Å²) in [7, 11) is 3.18. The second kappa shape index (κ2) is 10.5. The highest BCUT2D eigenvalue weighted by atomic mass is 32.2. The summed E-state index contributed by atoms with van der Waals surface area (Å²) in [6.07, 6.45) is 0.574. The Morgan fingerprint density at radius 2 is 1.94 bits per heavy atom. The van der Waals surface area contributed by atoms with E-state index in [2.05, 4.69) is 19.9 Å². The summed E-state index contributed by atoms with van der Waals surface area (Å²) < 4.78 is 29.7. The predicted octanol–water partition coefficient (Wildman–Crippen LogP) is 5.03. The summed E-state index contributed by atoms with van der Waals surface area (Å²) in [5, 5.41) is 20.8. The van der Waals surface area contributed by atoms with Gasteiger partial charge in [0.2, 0.25) is 5.95 Å². The smallest absolute Gasteiger partial charge is 0.239 e. The van der Waals surface area contributed by atoms with Crippen molar-refractivity contribution in [1.82, 2.24) is 19.7 Å². The first-order chi connectivity index (χ1) is 16.5. The van der Waals surface area contributed by atoms with Gasteiger partial charge in [-0.25, -0.2) is 9.37 Å². The first-order valence-electron chi connectivity index (χ1n) is 10.2. The Bertz CT molecular complexity index is 1330. The number of aromatic nitrogens is 4. The van der Waals surface area contributed by atoms with Crippen LogP contribution in [0.1, 0.15) is 16.1 Å². The zero-order valence-corrected chi connectivity index (χ0v) is 20.3. The van der Waals surface area contributed by atoms with Gasteiger partial charge in [-0.2, -0.15) is 5.26 Å². The molecule has 2 heterocycles. The third kappa shape index (κ3) is 4.83. The maximum absolute atomic E-state index is 13.4. The van der Waals surface area contributed by atoms with Gasteiger partial charge in [0, 0.05) is 11.1 Å². The summed E-state index contributed by atoms with van der Waals surface area (Å²) >= 11 is 2.92. The summed E-state index contributed by atoms with van der Waals surface area (Å²) in [4.78, 5) is 4.57. The fourth-order valence-corrected chi connectivity index (χ4v) is 4.67. The summed E-state index contributed by atoms with van der Waals surface area (Å²) in [5.74, 6) is 2.38. The molecule has 0 aliphatic carbocycles. The zero-order valence-electron chi connectivity index (χ0n) is 18.7. The molecule has 34 heavy (non-hydrogen) atoms. The highest BCUT2D eigenvalue weighted by molar-refractivity contribution is 8.00. The quantitative estimate of drug-likeness (QED) is 0.255. The van der Waals surface area contributed by atoms with Crippen molar-refractivity contribution in [3.8, 4) is 34.8 Å². The number of halogens is 1. The number of para-hydroxylation sites is 1. The second-order valence-corrected chi connectivity index (χ2v) is 9.02. The van der Waals surface area contributed by atoms with Crippen molar-refractivity contribution in [2.75, 3.05) is 24.7 Å². The van der Waals surface area contributed by atoms with E-state index in [4.69, 9.17) is 9.47 Å². The number of nitriles is 1. The first kappa shape index (κ1) is 23.5. The Hall–Kier alpha value is -3.62. The SMILES string of the molecule is COc1cccc(OC)c1-n1c(NSCCc2ccc(F)cc2C#N)nnc1-c1csc(C)n1. The molecule has 1 N–H and O–H groups in total. The van der Waals surface area contributed by atoms with E-state index in [-0.39, 0.29) is 0 Å². The lowest BCUT2D eigenvalue weighted by Gasteiger charge is -2.17. The molecule has 11 heteroatoms. The van der Waals surface area contributed by atoms with Gasteiger partial charge in [-0.15, -0.1) is 21.5 Å². The van der Waals surface area contributed by atoms with Crippen molar-refractivity contribution in [1.29, 1.82) is 5.26 Å². The van der Waals surface area contributed by atoms with Gasteiger partial charge in [0.1, 0.15) is 28.7 Å². The number of thiazole rings is 1. The van der Waals surface area contributed by atoms with E-state index in [1.54, 1.807) is 20.3 Å². The largest absolute Gasteiger partial charge is 0.494 e. The number of nitrogens with one attached hydrogen (secondary N) is 1. The zero-order chi connectivity index (χ0) is 24.1. The highest BCUT2D eigenvalue weighted by Gasteiger charge is 2.23. The van der Waals surface area contributed by atoms with Crippen molar-refractivity contribution in [3.05, 3.63) is 63.7 Å². The van der Waals surface area contributed by atoms with Gasteiger partial charge in [0.15, 0.2) is 5.82 Å². The van der Waals surface area contributed by atoms with Crippen molar-refractivity contribution < 1.29 is 13.9 Å². The minimum absolute atomic E-state index is 0.337. The number of nitrogens with zero attached hydrogens (tertiary/aromatic N) is 5. The standard InChI is InChI=1S/C23H21FN6O2S2/c1-14-26-18(13-33-14)22-27-28-23(30(22)21-19(31-2)5-4-6-20(21)32-3)29-34-10-9-15-7-8-17(24)11-16(15)12-25/h4-8,11,13H,9-10H2,1-3H3,(H,28,29). The van der Waals surface area contributed by atoms with Crippen LogP contribution in [0.2, 0.25) is 0 Å². The van der Waals surface area contributed by atoms with E-state index in [0.29, 0.717) is 52.4 Å². The van der Waals surface area contributed by atoms with Gasteiger partial charge >= 0.3 is 0 Å². The third-order valence-electron chi connectivity index (χ3n) is 4.97. The Morgan fingerprint density at radius 3 is 2.59 bits per heavy atom. The van der Waals surface area contributed by atoms with Crippen LogP contribution in [0.3, 0.4) is 0 Å². The first-order valence-corrected chi connectivity index (χ1v) is 12.1. The fraction of sp³-hybridized carbons (Fsp3) is 0.217. The van der Waals surface area contributed by atoms with Crippen LogP contribution in [0.25, 0.3) is 17.2 Å². The molecule has 0 saturated carbocycles. The number of hydrogen-bond acceptors (Lipinski definition) is 9. The molecule has 0 atom stereocenters. The molecule has 0 bridgehead atoms. The molecule has 4 aromatic rings. The maximum atomic E-state index is 13.4. The molecule has 2 aromatic carbocycles. The van der Waals surface area contributed by atoms with E-state index >= 15 is 0 Å². The van der Waals surface area contributed by atoms with Crippen molar-refractivity contribution in [2.45, 2.75) is 13.3 Å². The summed E-state index contributed by atoms with van der Waals surface area (Å²) in [6, 6.07) is 11.8. The molecule has 0 amide bonds. The van der Waals surface area contributed by atoms with Gasteiger partial charge in [-0.1, -0.05) is 12.1 Å². The monoisotopic (exact) mass is 496 g/mol.